The van der Waals surface area contributed by atoms with Crippen molar-refractivity contribution >= 4 is 50.0 Å². The topological polar surface area (TPSA) is 63.4 Å². The van der Waals surface area contributed by atoms with Gasteiger partial charge < -0.3 is 5.73 Å². The molecule has 1 aromatic carbocycles. The molecular formula is C12H17BrCl2N2O2S. The lowest BCUT2D eigenvalue weighted by atomic mass is 9.90. The van der Waals surface area contributed by atoms with Crippen LogP contribution in [0.3, 0.4) is 0 Å². The Hall–Kier alpha value is 0.150. The first kappa shape index (κ1) is 18.2. The molecule has 0 aromatic heterocycles. The van der Waals surface area contributed by atoms with Gasteiger partial charge >= 0.3 is 0 Å². The Kier molecular flexibility index (Phi) is 5.92. The molecule has 1 saturated heterocycles. The number of benzene rings is 1. The van der Waals surface area contributed by atoms with E-state index < -0.39 is 10.0 Å². The molecule has 0 radical (unpaired) electrons. The first-order chi connectivity index (χ1) is 8.78. The lowest BCUT2D eigenvalue weighted by Gasteiger charge is -2.22. The summed E-state index contributed by atoms with van der Waals surface area (Å²) in [6.45, 7) is 3.42. The summed E-state index contributed by atoms with van der Waals surface area (Å²) >= 11 is 9.30. The third kappa shape index (κ3) is 3.48. The van der Waals surface area contributed by atoms with Gasteiger partial charge in [0.2, 0.25) is 10.0 Å². The molecule has 2 N–H and O–H groups in total. The second kappa shape index (κ2) is 6.50. The van der Waals surface area contributed by atoms with Gasteiger partial charge in [0.25, 0.3) is 0 Å². The van der Waals surface area contributed by atoms with Crippen molar-refractivity contribution in [2.45, 2.75) is 18.2 Å². The number of nitrogens with two attached hydrogens (primary N) is 1. The monoisotopic (exact) mass is 402 g/mol. The number of sulfonamides is 1. The van der Waals surface area contributed by atoms with Crippen LogP contribution in [-0.2, 0) is 10.0 Å². The molecule has 1 atom stereocenters. The van der Waals surface area contributed by atoms with Crippen LogP contribution in [0.4, 0.5) is 0 Å². The van der Waals surface area contributed by atoms with Gasteiger partial charge in [0.1, 0.15) is 4.90 Å². The van der Waals surface area contributed by atoms with E-state index in [-0.39, 0.29) is 27.7 Å². The Morgan fingerprint density at radius 2 is 2.15 bits per heavy atom. The van der Waals surface area contributed by atoms with Crippen molar-refractivity contribution in [2.24, 2.45) is 11.1 Å². The van der Waals surface area contributed by atoms with E-state index in [1.165, 1.54) is 10.4 Å². The summed E-state index contributed by atoms with van der Waals surface area (Å²) < 4.78 is 27.3. The van der Waals surface area contributed by atoms with Crippen LogP contribution in [0.2, 0.25) is 5.02 Å². The Morgan fingerprint density at radius 1 is 1.50 bits per heavy atom. The van der Waals surface area contributed by atoms with Crippen LogP contribution in [0, 0.1) is 5.41 Å². The summed E-state index contributed by atoms with van der Waals surface area (Å²) in [5, 5.41) is 0.232. The second-order valence-corrected chi connectivity index (χ2v) is 8.41. The highest BCUT2D eigenvalue weighted by Crippen LogP contribution is 2.35. The predicted octanol–water partition coefficient (Wildman–Crippen LogP) is 2.88. The van der Waals surface area contributed by atoms with Crippen molar-refractivity contribution < 1.29 is 8.42 Å². The number of nitrogens with zero attached hydrogens (tertiary/aromatic N) is 1. The first-order valence-electron chi connectivity index (χ1n) is 5.94. The Bertz CT molecular complexity index is 597. The molecule has 0 saturated carbocycles. The van der Waals surface area contributed by atoms with E-state index >= 15 is 0 Å². The minimum Gasteiger partial charge on any atom is -0.330 e. The minimum absolute atomic E-state index is 0. The molecular weight excluding hydrogens is 387 g/mol. The smallest absolute Gasteiger partial charge is 0.244 e. The molecule has 0 bridgehead atoms. The largest absolute Gasteiger partial charge is 0.330 e. The Morgan fingerprint density at radius 3 is 2.65 bits per heavy atom. The van der Waals surface area contributed by atoms with Crippen molar-refractivity contribution in [1.82, 2.24) is 4.31 Å². The molecule has 0 spiro atoms. The highest BCUT2D eigenvalue weighted by Gasteiger charge is 2.39. The van der Waals surface area contributed by atoms with Crippen molar-refractivity contribution in [3.63, 3.8) is 0 Å². The average molecular weight is 404 g/mol. The van der Waals surface area contributed by atoms with Crippen LogP contribution in [0.1, 0.15) is 13.3 Å². The summed E-state index contributed by atoms with van der Waals surface area (Å²) in [6.07, 6.45) is 0.775. The SMILES string of the molecule is CC1(CN)CCN(S(=O)(=O)c2ccc(Br)cc2Cl)C1.Cl. The second-order valence-electron chi connectivity index (χ2n) is 5.18. The summed E-state index contributed by atoms with van der Waals surface area (Å²) in [6, 6.07) is 4.80. The van der Waals surface area contributed by atoms with Gasteiger partial charge in [0.15, 0.2) is 0 Å². The van der Waals surface area contributed by atoms with Gasteiger partial charge in [-0.1, -0.05) is 34.5 Å². The zero-order chi connectivity index (χ0) is 14.3. The lowest BCUT2D eigenvalue weighted by molar-refractivity contribution is 0.349. The van der Waals surface area contributed by atoms with E-state index in [0.29, 0.717) is 19.6 Å². The van der Waals surface area contributed by atoms with Crippen LogP contribution >= 0.6 is 39.9 Å². The summed E-state index contributed by atoms with van der Waals surface area (Å²) in [5.74, 6) is 0. The third-order valence-corrected chi connectivity index (χ3v) is 6.35. The molecule has 1 aliphatic heterocycles. The van der Waals surface area contributed by atoms with Gasteiger partial charge in [-0.05, 0) is 36.6 Å². The van der Waals surface area contributed by atoms with E-state index in [2.05, 4.69) is 15.9 Å². The van der Waals surface area contributed by atoms with Crippen LogP contribution in [0.15, 0.2) is 27.6 Å². The highest BCUT2D eigenvalue weighted by atomic mass is 79.9. The molecule has 8 heteroatoms. The maximum absolute atomic E-state index is 12.6. The highest BCUT2D eigenvalue weighted by molar-refractivity contribution is 9.10. The normalized spacial score (nSPS) is 23.6. The van der Waals surface area contributed by atoms with Crippen molar-refractivity contribution in [2.75, 3.05) is 19.6 Å². The zero-order valence-electron chi connectivity index (χ0n) is 11.0. The third-order valence-electron chi connectivity index (χ3n) is 3.53. The van der Waals surface area contributed by atoms with Crippen molar-refractivity contribution in [3.8, 4) is 0 Å². The number of hydrogen-bond donors (Lipinski definition) is 1. The van der Waals surface area contributed by atoms with Gasteiger partial charge in [-0.15, -0.1) is 12.4 Å². The molecule has 20 heavy (non-hydrogen) atoms. The van der Waals surface area contributed by atoms with E-state index in [1.54, 1.807) is 12.1 Å². The van der Waals surface area contributed by atoms with E-state index in [1.807, 2.05) is 6.92 Å². The van der Waals surface area contributed by atoms with Crippen LogP contribution in [0.5, 0.6) is 0 Å². The quantitative estimate of drug-likeness (QED) is 0.843. The van der Waals surface area contributed by atoms with Gasteiger partial charge in [0, 0.05) is 17.6 Å². The number of rotatable bonds is 3. The lowest BCUT2D eigenvalue weighted by Crippen LogP contribution is -2.34. The zero-order valence-corrected chi connectivity index (χ0v) is 14.9. The molecule has 1 heterocycles. The molecule has 4 nitrogen and oxygen atoms in total. The van der Waals surface area contributed by atoms with Gasteiger partial charge in [-0.2, -0.15) is 4.31 Å². The minimum atomic E-state index is -3.54. The van der Waals surface area contributed by atoms with Gasteiger partial charge in [-0.25, -0.2) is 8.42 Å². The molecule has 1 aromatic rings. The summed E-state index contributed by atoms with van der Waals surface area (Å²) in [4.78, 5) is 0.152. The summed E-state index contributed by atoms with van der Waals surface area (Å²) in [7, 11) is -3.54. The first-order valence-corrected chi connectivity index (χ1v) is 8.55. The van der Waals surface area contributed by atoms with Crippen molar-refractivity contribution in [3.05, 3.63) is 27.7 Å². The predicted molar refractivity (Wildman–Crippen MR) is 86.9 cm³/mol. The average Bonchev–Trinajstić information content (AvgIpc) is 2.73. The van der Waals surface area contributed by atoms with E-state index in [4.69, 9.17) is 17.3 Å². The standard InChI is InChI=1S/C12H16BrClN2O2S.ClH/c1-12(7-15)4-5-16(8-12)19(17,18)11-3-2-9(13)6-10(11)14;/h2-3,6H,4-5,7-8,15H2,1H3;1H. The van der Waals surface area contributed by atoms with Crippen LogP contribution in [-0.4, -0.2) is 32.4 Å². The van der Waals surface area contributed by atoms with E-state index in [9.17, 15) is 8.42 Å². The van der Waals surface area contributed by atoms with Gasteiger partial charge in [-0.3, -0.25) is 0 Å². The fourth-order valence-corrected chi connectivity index (χ4v) is 4.78. The fraction of sp³-hybridized carbons (Fsp3) is 0.500. The van der Waals surface area contributed by atoms with E-state index in [0.717, 1.165) is 10.9 Å². The Labute approximate surface area is 139 Å². The Balaban J connectivity index is 0.00000200. The molecule has 2 rings (SSSR count). The molecule has 0 aliphatic carbocycles. The van der Waals surface area contributed by atoms with Crippen LogP contribution in [0.25, 0.3) is 0 Å². The molecule has 1 aliphatic rings. The number of hydrogen-bond acceptors (Lipinski definition) is 3. The fourth-order valence-electron chi connectivity index (χ4n) is 2.17. The molecule has 0 amide bonds. The maximum atomic E-state index is 12.6. The molecule has 114 valence electrons. The number of halogens is 3. The molecule has 1 fully saturated rings. The van der Waals surface area contributed by atoms with Gasteiger partial charge in [0.05, 0.1) is 5.02 Å². The maximum Gasteiger partial charge on any atom is 0.244 e. The van der Waals surface area contributed by atoms with Crippen molar-refractivity contribution in [1.29, 1.82) is 0 Å². The summed E-state index contributed by atoms with van der Waals surface area (Å²) in [5.41, 5.74) is 5.56. The molecule has 1 unspecified atom stereocenters. The van der Waals surface area contributed by atoms with Crippen LogP contribution < -0.4 is 5.73 Å².